The number of ether oxygens (including phenoxy) is 1. The first-order valence-corrected chi connectivity index (χ1v) is 10.4. The molecular formula is C22H28N2O3S. The van der Waals surface area contributed by atoms with Crippen molar-refractivity contribution < 1.29 is 14.3 Å². The van der Waals surface area contributed by atoms with Crippen LogP contribution in [0.25, 0.3) is 0 Å². The number of benzene rings is 2. The van der Waals surface area contributed by atoms with Crippen LogP contribution in [0.3, 0.4) is 0 Å². The highest BCUT2D eigenvalue weighted by Gasteiger charge is 2.27. The van der Waals surface area contributed by atoms with Crippen LogP contribution in [0.15, 0.2) is 59.5 Å². The molecule has 0 spiro atoms. The molecule has 2 amide bonds. The number of likely N-dealkylation sites (N-methyl/N-ethyl adjacent to an activating group) is 1. The number of methoxy groups -OCH3 is 1. The monoisotopic (exact) mass is 400 g/mol. The summed E-state index contributed by atoms with van der Waals surface area (Å²) in [5.41, 5.74) is 0.936. The highest BCUT2D eigenvalue weighted by Crippen LogP contribution is 2.21. The van der Waals surface area contributed by atoms with Gasteiger partial charge in [-0.3, -0.25) is 9.59 Å². The zero-order valence-corrected chi connectivity index (χ0v) is 17.5. The summed E-state index contributed by atoms with van der Waals surface area (Å²) in [6.45, 7) is 2.29. The number of rotatable bonds is 10. The molecule has 6 heteroatoms. The van der Waals surface area contributed by atoms with E-state index >= 15 is 0 Å². The Kier molecular flexibility index (Phi) is 8.88. The molecule has 1 atom stereocenters. The molecule has 0 fully saturated rings. The van der Waals surface area contributed by atoms with Crippen LogP contribution in [0.5, 0.6) is 5.75 Å². The standard InChI is InChI=1S/C22H28N2O3S/c1-4-20(22(26)23-2)24(16-17-9-8-10-18(15-17)27-3)21(25)13-14-28-19-11-6-5-7-12-19/h5-12,15,20H,4,13-14,16H2,1-3H3,(H,23,26)/t20-/m0/s1. The van der Waals surface area contributed by atoms with Crippen molar-refractivity contribution >= 4 is 23.6 Å². The van der Waals surface area contributed by atoms with Crippen molar-refractivity contribution in [3.05, 3.63) is 60.2 Å². The molecule has 0 unspecified atom stereocenters. The van der Waals surface area contributed by atoms with Crippen molar-refractivity contribution in [2.45, 2.75) is 37.2 Å². The Morgan fingerprint density at radius 2 is 1.89 bits per heavy atom. The number of hydrogen-bond acceptors (Lipinski definition) is 4. The lowest BCUT2D eigenvalue weighted by atomic mass is 10.1. The zero-order chi connectivity index (χ0) is 20.4. The second-order valence-electron chi connectivity index (χ2n) is 6.32. The number of nitrogens with zero attached hydrogens (tertiary/aromatic N) is 1. The SMILES string of the molecule is CC[C@@H](C(=O)NC)N(Cc1cccc(OC)c1)C(=O)CCSc1ccccc1. The molecule has 0 bridgehead atoms. The largest absolute Gasteiger partial charge is 0.497 e. The molecular weight excluding hydrogens is 372 g/mol. The third kappa shape index (κ3) is 6.30. The second-order valence-corrected chi connectivity index (χ2v) is 7.49. The van der Waals surface area contributed by atoms with Crippen molar-refractivity contribution in [1.29, 1.82) is 0 Å². The minimum absolute atomic E-state index is 0.0262. The molecule has 1 N–H and O–H groups in total. The fraction of sp³-hybridized carbons (Fsp3) is 0.364. The average Bonchev–Trinajstić information content (AvgIpc) is 2.74. The van der Waals surface area contributed by atoms with Crippen LogP contribution in [-0.2, 0) is 16.1 Å². The van der Waals surface area contributed by atoms with Crippen LogP contribution in [0.2, 0.25) is 0 Å². The lowest BCUT2D eigenvalue weighted by Gasteiger charge is -2.30. The van der Waals surface area contributed by atoms with Crippen molar-refractivity contribution in [3.8, 4) is 5.75 Å². The Labute approximate surface area is 171 Å². The van der Waals surface area contributed by atoms with Gasteiger partial charge in [-0.15, -0.1) is 11.8 Å². The summed E-state index contributed by atoms with van der Waals surface area (Å²) >= 11 is 1.64. The van der Waals surface area contributed by atoms with E-state index in [0.29, 0.717) is 25.1 Å². The highest BCUT2D eigenvalue weighted by molar-refractivity contribution is 7.99. The Bertz CT molecular complexity index is 767. The summed E-state index contributed by atoms with van der Waals surface area (Å²) in [5, 5.41) is 2.68. The van der Waals surface area contributed by atoms with Crippen LogP contribution >= 0.6 is 11.8 Å². The first-order valence-electron chi connectivity index (χ1n) is 9.40. The van der Waals surface area contributed by atoms with Gasteiger partial charge in [0.05, 0.1) is 7.11 Å². The third-order valence-corrected chi connectivity index (χ3v) is 5.46. The van der Waals surface area contributed by atoms with Gasteiger partial charge in [-0.25, -0.2) is 0 Å². The first kappa shape index (κ1) is 21.8. The Morgan fingerprint density at radius 1 is 1.14 bits per heavy atom. The van der Waals surface area contributed by atoms with Crippen molar-refractivity contribution in [2.24, 2.45) is 0 Å². The maximum Gasteiger partial charge on any atom is 0.242 e. The van der Waals surface area contributed by atoms with Gasteiger partial charge in [0.15, 0.2) is 0 Å². The van der Waals surface area contributed by atoms with E-state index in [0.717, 1.165) is 16.2 Å². The molecule has 150 valence electrons. The second kappa shape index (κ2) is 11.4. The van der Waals surface area contributed by atoms with E-state index in [1.807, 2.05) is 61.5 Å². The molecule has 0 aromatic heterocycles. The molecule has 0 saturated carbocycles. The van der Waals surface area contributed by atoms with E-state index in [1.165, 1.54) is 0 Å². The van der Waals surface area contributed by atoms with E-state index in [9.17, 15) is 9.59 Å². The van der Waals surface area contributed by atoms with Crippen LogP contribution in [0.4, 0.5) is 0 Å². The maximum absolute atomic E-state index is 13.0. The average molecular weight is 401 g/mol. The van der Waals surface area contributed by atoms with Gasteiger partial charge >= 0.3 is 0 Å². The lowest BCUT2D eigenvalue weighted by molar-refractivity contribution is -0.140. The maximum atomic E-state index is 13.0. The third-order valence-electron chi connectivity index (χ3n) is 4.45. The summed E-state index contributed by atoms with van der Waals surface area (Å²) < 4.78 is 5.28. The van der Waals surface area contributed by atoms with Crippen LogP contribution in [-0.4, -0.2) is 42.7 Å². The predicted octanol–water partition coefficient (Wildman–Crippen LogP) is 3.73. The number of thioether (sulfide) groups is 1. The Hall–Kier alpha value is -2.47. The number of nitrogens with one attached hydrogen (secondary N) is 1. The minimum Gasteiger partial charge on any atom is -0.497 e. The number of carbonyl (C=O) groups is 2. The van der Waals surface area contributed by atoms with E-state index in [-0.39, 0.29) is 11.8 Å². The molecule has 2 aromatic carbocycles. The van der Waals surface area contributed by atoms with E-state index < -0.39 is 6.04 Å². The van der Waals surface area contributed by atoms with Gasteiger partial charge in [-0.05, 0) is 36.2 Å². The van der Waals surface area contributed by atoms with Gasteiger partial charge in [0.2, 0.25) is 11.8 Å². The summed E-state index contributed by atoms with van der Waals surface area (Å²) in [6.07, 6.45) is 0.929. The molecule has 5 nitrogen and oxygen atoms in total. The summed E-state index contributed by atoms with van der Waals surface area (Å²) in [7, 11) is 3.21. The molecule has 0 aliphatic heterocycles. The highest BCUT2D eigenvalue weighted by atomic mass is 32.2. The van der Waals surface area contributed by atoms with E-state index in [4.69, 9.17) is 4.74 Å². The smallest absolute Gasteiger partial charge is 0.242 e. The molecule has 0 radical (unpaired) electrons. The Balaban J connectivity index is 2.11. The van der Waals surface area contributed by atoms with Crippen molar-refractivity contribution in [3.63, 3.8) is 0 Å². The van der Waals surface area contributed by atoms with Gasteiger partial charge in [-0.2, -0.15) is 0 Å². The van der Waals surface area contributed by atoms with Gasteiger partial charge in [0.25, 0.3) is 0 Å². The molecule has 28 heavy (non-hydrogen) atoms. The van der Waals surface area contributed by atoms with Crippen LogP contribution in [0, 0.1) is 0 Å². The topological polar surface area (TPSA) is 58.6 Å². The lowest BCUT2D eigenvalue weighted by Crippen LogP contribution is -2.48. The minimum atomic E-state index is -0.495. The molecule has 2 aromatic rings. The zero-order valence-electron chi connectivity index (χ0n) is 16.7. The van der Waals surface area contributed by atoms with Gasteiger partial charge < -0.3 is 15.0 Å². The normalized spacial score (nSPS) is 11.5. The van der Waals surface area contributed by atoms with Crippen molar-refractivity contribution in [1.82, 2.24) is 10.2 Å². The van der Waals surface area contributed by atoms with Crippen molar-refractivity contribution in [2.75, 3.05) is 19.9 Å². The fourth-order valence-electron chi connectivity index (χ4n) is 2.97. The summed E-state index contributed by atoms with van der Waals surface area (Å²) in [5.74, 6) is 1.23. The molecule has 0 heterocycles. The summed E-state index contributed by atoms with van der Waals surface area (Å²) in [4.78, 5) is 28.2. The fourth-order valence-corrected chi connectivity index (χ4v) is 3.83. The van der Waals surface area contributed by atoms with Gasteiger partial charge in [0.1, 0.15) is 11.8 Å². The van der Waals surface area contributed by atoms with E-state index in [1.54, 1.807) is 30.8 Å². The summed E-state index contributed by atoms with van der Waals surface area (Å²) in [6, 6.07) is 17.1. The molecule has 2 rings (SSSR count). The Morgan fingerprint density at radius 3 is 2.54 bits per heavy atom. The molecule has 0 saturated heterocycles. The predicted molar refractivity (Wildman–Crippen MR) is 113 cm³/mol. The molecule has 0 aliphatic carbocycles. The molecule has 0 aliphatic rings. The number of hydrogen-bond donors (Lipinski definition) is 1. The first-order chi connectivity index (χ1) is 13.6. The van der Waals surface area contributed by atoms with Crippen LogP contribution in [0.1, 0.15) is 25.3 Å². The van der Waals surface area contributed by atoms with Crippen LogP contribution < -0.4 is 10.1 Å². The number of carbonyl (C=O) groups excluding carboxylic acids is 2. The number of amides is 2. The van der Waals surface area contributed by atoms with E-state index in [2.05, 4.69) is 5.32 Å². The van der Waals surface area contributed by atoms with Gasteiger partial charge in [-0.1, -0.05) is 37.3 Å². The quantitative estimate of drug-likeness (QED) is 0.618. The van der Waals surface area contributed by atoms with Gasteiger partial charge in [0, 0.05) is 30.7 Å².